The second-order valence-corrected chi connectivity index (χ2v) is 3.26. The Balaban J connectivity index is 0. The Kier molecular flexibility index (Phi) is 13.0. The van der Waals surface area contributed by atoms with Crippen LogP contribution < -0.4 is 11.1 Å². The molecular weight excluding hydrogens is 228 g/mol. The topological polar surface area (TPSA) is 130 Å². The lowest BCUT2D eigenvalue weighted by Crippen LogP contribution is -2.25. The number of amides is 1. The highest BCUT2D eigenvalue weighted by atomic mass is 16.4. The standard InChI is InChI=1S/C8H16N2O3.C2H4O2/c9-5-1-3-7(11)10-6-2-4-8(12)13;1-2(3)4/h1-6,9H2,(H,10,11)(H,12,13);1H3,(H,3,4). The second-order valence-electron chi connectivity index (χ2n) is 3.26. The molecule has 0 rings (SSSR count). The minimum Gasteiger partial charge on any atom is -0.481 e. The third-order valence-corrected chi connectivity index (χ3v) is 1.50. The number of nitrogens with one attached hydrogen (secondary N) is 1. The molecule has 7 nitrogen and oxygen atoms in total. The Bertz CT molecular complexity index is 239. The molecular formula is C10H20N2O5. The largest absolute Gasteiger partial charge is 0.481 e. The molecule has 0 fully saturated rings. The number of aliphatic carboxylic acids is 2. The predicted molar refractivity (Wildman–Crippen MR) is 61.5 cm³/mol. The minimum absolute atomic E-state index is 0.0594. The van der Waals surface area contributed by atoms with Crippen molar-refractivity contribution < 1.29 is 24.6 Å². The van der Waals surface area contributed by atoms with Crippen LogP contribution in [0.3, 0.4) is 0 Å². The van der Waals surface area contributed by atoms with Crippen LogP contribution in [0.4, 0.5) is 0 Å². The van der Waals surface area contributed by atoms with Gasteiger partial charge in [-0.25, -0.2) is 0 Å². The van der Waals surface area contributed by atoms with Crippen LogP contribution in [0.1, 0.15) is 32.6 Å². The van der Waals surface area contributed by atoms with E-state index in [1.807, 2.05) is 0 Å². The van der Waals surface area contributed by atoms with E-state index in [2.05, 4.69) is 5.32 Å². The van der Waals surface area contributed by atoms with E-state index in [-0.39, 0.29) is 12.3 Å². The molecule has 0 bridgehead atoms. The summed E-state index contributed by atoms with van der Waals surface area (Å²) in [7, 11) is 0. The van der Waals surface area contributed by atoms with Crippen molar-refractivity contribution in [3.63, 3.8) is 0 Å². The first kappa shape index (κ1) is 17.8. The first-order chi connectivity index (χ1) is 7.90. The summed E-state index contributed by atoms with van der Waals surface area (Å²) in [6.07, 6.45) is 1.66. The average molecular weight is 248 g/mol. The Morgan fingerprint density at radius 1 is 1.12 bits per heavy atom. The number of carboxylic acids is 2. The minimum atomic E-state index is -0.837. The molecule has 0 unspecified atom stereocenters. The van der Waals surface area contributed by atoms with Gasteiger partial charge in [-0.05, 0) is 19.4 Å². The van der Waals surface area contributed by atoms with E-state index in [9.17, 15) is 9.59 Å². The van der Waals surface area contributed by atoms with Crippen LogP contribution >= 0.6 is 0 Å². The third-order valence-electron chi connectivity index (χ3n) is 1.50. The highest BCUT2D eigenvalue weighted by molar-refractivity contribution is 5.75. The summed E-state index contributed by atoms with van der Waals surface area (Å²) in [4.78, 5) is 30.0. The number of hydrogen-bond donors (Lipinski definition) is 4. The van der Waals surface area contributed by atoms with E-state index in [0.29, 0.717) is 32.4 Å². The highest BCUT2D eigenvalue weighted by Gasteiger charge is 2.00. The summed E-state index contributed by atoms with van der Waals surface area (Å²) in [6.45, 7) is 2.01. The van der Waals surface area contributed by atoms with Crippen molar-refractivity contribution in [2.45, 2.75) is 32.6 Å². The maximum atomic E-state index is 10.9. The molecule has 100 valence electrons. The lowest BCUT2D eigenvalue weighted by atomic mass is 10.3. The molecule has 17 heavy (non-hydrogen) atoms. The number of hydrogen-bond acceptors (Lipinski definition) is 4. The Hall–Kier alpha value is -1.63. The van der Waals surface area contributed by atoms with Gasteiger partial charge in [0.15, 0.2) is 0 Å². The van der Waals surface area contributed by atoms with E-state index in [1.165, 1.54) is 0 Å². The summed E-state index contributed by atoms with van der Waals surface area (Å²) >= 11 is 0. The molecule has 0 aromatic rings. The van der Waals surface area contributed by atoms with Crippen molar-refractivity contribution in [1.82, 2.24) is 5.32 Å². The lowest BCUT2D eigenvalue weighted by Gasteiger charge is -2.02. The van der Waals surface area contributed by atoms with Crippen molar-refractivity contribution in [1.29, 1.82) is 0 Å². The number of carboxylic acid groups (broad SMARTS) is 2. The van der Waals surface area contributed by atoms with Crippen molar-refractivity contribution in [3.8, 4) is 0 Å². The molecule has 0 saturated carbocycles. The first-order valence-corrected chi connectivity index (χ1v) is 5.28. The number of carbonyl (C=O) groups is 3. The predicted octanol–water partition coefficient (Wildman–Crippen LogP) is -0.203. The molecule has 0 atom stereocenters. The third kappa shape index (κ3) is 25.0. The number of rotatable bonds is 7. The Morgan fingerprint density at radius 3 is 2.06 bits per heavy atom. The van der Waals surface area contributed by atoms with Gasteiger partial charge >= 0.3 is 5.97 Å². The van der Waals surface area contributed by atoms with E-state index >= 15 is 0 Å². The van der Waals surface area contributed by atoms with Gasteiger partial charge in [0.1, 0.15) is 0 Å². The van der Waals surface area contributed by atoms with Crippen LogP contribution in [0.25, 0.3) is 0 Å². The van der Waals surface area contributed by atoms with Crippen LogP contribution in [0, 0.1) is 0 Å². The summed E-state index contributed by atoms with van der Waals surface area (Å²) < 4.78 is 0. The summed E-state index contributed by atoms with van der Waals surface area (Å²) in [5.41, 5.74) is 5.21. The molecule has 0 aliphatic rings. The van der Waals surface area contributed by atoms with Crippen molar-refractivity contribution in [2.75, 3.05) is 13.1 Å². The highest BCUT2D eigenvalue weighted by Crippen LogP contribution is 1.89. The zero-order valence-electron chi connectivity index (χ0n) is 9.94. The normalized spacial score (nSPS) is 8.82. The van der Waals surface area contributed by atoms with Crippen molar-refractivity contribution in [3.05, 3.63) is 0 Å². The fraction of sp³-hybridized carbons (Fsp3) is 0.700. The van der Waals surface area contributed by atoms with Gasteiger partial charge in [0.25, 0.3) is 5.97 Å². The van der Waals surface area contributed by atoms with E-state index in [4.69, 9.17) is 20.7 Å². The lowest BCUT2D eigenvalue weighted by molar-refractivity contribution is -0.137. The first-order valence-electron chi connectivity index (χ1n) is 5.28. The number of carbonyl (C=O) groups excluding carboxylic acids is 1. The van der Waals surface area contributed by atoms with Gasteiger partial charge < -0.3 is 21.3 Å². The van der Waals surface area contributed by atoms with Crippen LogP contribution in [0.5, 0.6) is 0 Å². The number of nitrogens with two attached hydrogens (primary N) is 1. The van der Waals surface area contributed by atoms with Gasteiger partial charge in [-0.3, -0.25) is 14.4 Å². The van der Waals surface area contributed by atoms with Crippen LogP contribution in [0.15, 0.2) is 0 Å². The summed E-state index contributed by atoms with van der Waals surface area (Å²) in [6, 6.07) is 0. The van der Waals surface area contributed by atoms with Crippen LogP contribution in [-0.4, -0.2) is 41.1 Å². The SMILES string of the molecule is CC(=O)O.NCCCC(=O)NCCCC(=O)O. The molecule has 0 aromatic heterocycles. The average Bonchev–Trinajstić information content (AvgIpc) is 2.20. The Labute approximate surface area is 100.0 Å². The molecule has 1 amide bonds. The summed E-state index contributed by atoms with van der Waals surface area (Å²) in [5.74, 6) is -1.73. The summed E-state index contributed by atoms with van der Waals surface area (Å²) in [5, 5.41) is 18.3. The van der Waals surface area contributed by atoms with Crippen LogP contribution in [0.2, 0.25) is 0 Å². The maximum Gasteiger partial charge on any atom is 0.303 e. The monoisotopic (exact) mass is 248 g/mol. The molecule has 0 aliphatic carbocycles. The smallest absolute Gasteiger partial charge is 0.303 e. The van der Waals surface area contributed by atoms with Gasteiger partial charge in [-0.2, -0.15) is 0 Å². The zero-order chi connectivity index (χ0) is 13.7. The molecule has 0 radical (unpaired) electrons. The van der Waals surface area contributed by atoms with Gasteiger partial charge in [-0.1, -0.05) is 0 Å². The van der Waals surface area contributed by atoms with Gasteiger partial charge in [0.2, 0.25) is 5.91 Å². The Morgan fingerprint density at radius 2 is 1.65 bits per heavy atom. The second kappa shape index (κ2) is 12.4. The van der Waals surface area contributed by atoms with Crippen LogP contribution in [-0.2, 0) is 14.4 Å². The van der Waals surface area contributed by atoms with Gasteiger partial charge in [-0.15, -0.1) is 0 Å². The molecule has 0 saturated heterocycles. The molecule has 7 heteroatoms. The fourth-order valence-electron chi connectivity index (χ4n) is 0.818. The molecule has 5 N–H and O–H groups in total. The molecule has 0 aromatic carbocycles. The van der Waals surface area contributed by atoms with E-state index in [1.54, 1.807) is 0 Å². The maximum absolute atomic E-state index is 10.9. The van der Waals surface area contributed by atoms with Gasteiger partial charge in [0, 0.05) is 26.3 Å². The molecule has 0 heterocycles. The molecule has 0 spiro atoms. The van der Waals surface area contributed by atoms with Gasteiger partial charge in [0.05, 0.1) is 0 Å². The van der Waals surface area contributed by atoms with E-state index in [0.717, 1.165) is 6.92 Å². The molecule has 0 aliphatic heterocycles. The van der Waals surface area contributed by atoms with E-state index < -0.39 is 11.9 Å². The quantitative estimate of drug-likeness (QED) is 0.461. The fourth-order valence-corrected chi connectivity index (χ4v) is 0.818. The van der Waals surface area contributed by atoms with Crippen molar-refractivity contribution in [2.24, 2.45) is 5.73 Å². The van der Waals surface area contributed by atoms with Crippen molar-refractivity contribution >= 4 is 17.8 Å². The zero-order valence-corrected chi connectivity index (χ0v) is 9.94.